The van der Waals surface area contributed by atoms with Crippen LogP contribution in [-0.2, 0) is 20.7 Å². The molecule has 1 amide bonds. The van der Waals surface area contributed by atoms with Crippen molar-refractivity contribution in [2.24, 2.45) is 0 Å². The highest BCUT2D eigenvalue weighted by Crippen LogP contribution is 2.39. The number of aliphatic hydroxyl groups is 1. The summed E-state index contributed by atoms with van der Waals surface area (Å²) in [6.07, 6.45) is 0.891. The van der Waals surface area contributed by atoms with E-state index in [1.165, 1.54) is 5.56 Å². The number of rotatable bonds is 8. The molecule has 2 aromatic carbocycles. The minimum absolute atomic E-state index is 0.116. The highest BCUT2D eigenvalue weighted by Gasteiger charge is 2.46. The van der Waals surface area contributed by atoms with Crippen molar-refractivity contribution in [1.29, 1.82) is 0 Å². The lowest BCUT2D eigenvalue weighted by Gasteiger charge is -2.31. The number of hydrogen-bond donors (Lipinski definition) is 1. The highest BCUT2D eigenvalue weighted by molar-refractivity contribution is 6.46. The first-order chi connectivity index (χ1) is 16.5. The first-order valence-corrected chi connectivity index (χ1v) is 11.9. The molecule has 34 heavy (non-hydrogen) atoms. The number of amides is 1. The number of Topliss-reactive ketones (excluding diaryl/α,β-unsaturated/α-hetero) is 1. The summed E-state index contributed by atoms with van der Waals surface area (Å²) in [6, 6.07) is 14.2. The molecule has 180 valence electrons. The first kappa shape index (κ1) is 24.0. The van der Waals surface area contributed by atoms with Crippen molar-refractivity contribution in [3.63, 3.8) is 0 Å². The van der Waals surface area contributed by atoms with Crippen molar-refractivity contribution in [2.45, 2.75) is 26.3 Å². The molecule has 0 saturated carbocycles. The lowest BCUT2D eigenvalue weighted by Crippen LogP contribution is -2.42. The molecule has 1 N–H and O–H groups in total. The normalized spacial score (nSPS) is 20.6. The molecule has 2 fully saturated rings. The maximum atomic E-state index is 13.2. The van der Waals surface area contributed by atoms with Gasteiger partial charge in [-0.2, -0.15) is 0 Å². The van der Waals surface area contributed by atoms with Gasteiger partial charge in [-0.15, -0.1) is 0 Å². The van der Waals surface area contributed by atoms with Crippen molar-refractivity contribution in [3.05, 3.63) is 70.8 Å². The predicted molar refractivity (Wildman–Crippen MR) is 130 cm³/mol. The third-order valence-electron chi connectivity index (χ3n) is 6.42. The predicted octanol–water partition coefficient (Wildman–Crippen LogP) is 3.40. The van der Waals surface area contributed by atoms with E-state index in [1.807, 2.05) is 31.2 Å². The van der Waals surface area contributed by atoms with Crippen molar-refractivity contribution in [2.75, 3.05) is 46.0 Å². The van der Waals surface area contributed by atoms with Crippen LogP contribution in [0.5, 0.6) is 5.75 Å². The molecule has 2 saturated heterocycles. The largest absolute Gasteiger partial charge is 0.507 e. The van der Waals surface area contributed by atoms with Gasteiger partial charge in [0, 0.05) is 31.7 Å². The van der Waals surface area contributed by atoms with E-state index in [4.69, 9.17) is 9.47 Å². The average molecular weight is 465 g/mol. The van der Waals surface area contributed by atoms with Gasteiger partial charge in [-0.1, -0.05) is 43.3 Å². The molecule has 4 rings (SSSR count). The molecule has 2 aliphatic rings. The zero-order valence-electron chi connectivity index (χ0n) is 19.8. The van der Waals surface area contributed by atoms with E-state index in [9.17, 15) is 14.7 Å². The van der Waals surface area contributed by atoms with E-state index in [2.05, 4.69) is 11.8 Å². The van der Waals surface area contributed by atoms with E-state index in [-0.39, 0.29) is 11.3 Å². The SMILES string of the molecule is CCOc1cccc(/C(O)=C2\C(=O)C(=O)N(CCN3CCOCC3)C2c2ccc(CC)cc2)c1. The molecule has 0 radical (unpaired) electrons. The van der Waals surface area contributed by atoms with E-state index in [0.717, 1.165) is 25.1 Å². The van der Waals surface area contributed by atoms with Gasteiger partial charge in [0.25, 0.3) is 11.7 Å². The summed E-state index contributed by atoms with van der Waals surface area (Å²) in [4.78, 5) is 30.2. The molecule has 7 heteroatoms. The van der Waals surface area contributed by atoms with Crippen LogP contribution >= 0.6 is 0 Å². The number of carbonyl (C=O) groups excluding carboxylic acids is 2. The number of ketones is 1. The maximum Gasteiger partial charge on any atom is 0.295 e. The van der Waals surface area contributed by atoms with E-state index in [1.54, 1.807) is 29.2 Å². The van der Waals surface area contributed by atoms with E-state index < -0.39 is 17.7 Å². The number of benzene rings is 2. The third-order valence-corrected chi connectivity index (χ3v) is 6.42. The van der Waals surface area contributed by atoms with Crippen LogP contribution in [0.2, 0.25) is 0 Å². The minimum atomic E-state index is -0.661. The van der Waals surface area contributed by atoms with Gasteiger partial charge in [-0.3, -0.25) is 14.5 Å². The van der Waals surface area contributed by atoms with E-state index in [0.29, 0.717) is 44.2 Å². The molecule has 1 atom stereocenters. The second-order valence-electron chi connectivity index (χ2n) is 8.50. The Morgan fingerprint density at radius 3 is 2.47 bits per heavy atom. The van der Waals surface area contributed by atoms with Crippen molar-refractivity contribution < 1.29 is 24.2 Å². The van der Waals surface area contributed by atoms with Gasteiger partial charge in [0.1, 0.15) is 11.5 Å². The molecule has 0 bridgehead atoms. The maximum absolute atomic E-state index is 13.2. The van der Waals surface area contributed by atoms with Gasteiger partial charge in [0.2, 0.25) is 0 Å². The van der Waals surface area contributed by atoms with Crippen LogP contribution in [0.4, 0.5) is 0 Å². The molecule has 0 spiro atoms. The van der Waals surface area contributed by atoms with Gasteiger partial charge < -0.3 is 19.5 Å². The van der Waals surface area contributed by atoms with Gasteiger partial charge in [-0.25, -0.2) is 0 Å². The van der Waals surface area contributed by atoms with Gasteiger partial charge in [0.05, 0.1) is 31.4 Å². The van der Waals surface area contributed by atoms with Gasteiger partial charge >= 0.3 is 0 Å². The van der Waals surface area contributed by atoms with Gasteiger partial charge in [0.15, 0.2) is 0 Å². The number of aliphatic hydroxyl groups excluding tert-OH is 1. The Hall–Kier alpha value is -3.16. The van der Waals surface area contributed by atoms with Crippen LogP contribution < -0.4 is 4.74 Å². The Morgan fingerprint density at radius 2 is 1.79 bits per heavy atom. The summed E-state index contributed by atoms with van der Waals surface area (Å²) in [7, 11) is 0. The summed E-state index contributed by atoms with van der Waals surface area (Å²) >= 11 is 0. The molecule has 0 aliphatic carbocycles. The Kier molecular flexibility index (Phi) is 7.65. The van der Waals surface area contributed by atoms with Crippen LogP contribution in [0, 0.1) is 0 Å². The number of aryl methyl sites for hydroxylation is 1. The molecular formula is C27H32N2O5. The molecule has 2 heterocycles. The Morgan fingerprint density at radius 1 is 1.06 bits per heavy atom. The monoisotopic (exact) mass is 464 g/mol. The molecular weight excluding hydrogens is 432 g/mol. The average Bonchev–Trinajstić information content (AvgIpc) is 3.13. The Labute approximate surface area is 200 Å². The number of nitrogens with zero attached hydrogens (tertiary/aromatic N) is 2. The van der Waals surface area contributed by atoms with Crippen molar-refractivity contribution in [3.8, 4) is 5.75 Å². The lowest BCUT2D eigenvalue weighted by atomic mass is 9.94. The quantitative estimate of drug-likeness (QED) is 0.367. The Balaban J connectivity index is 1.73. The fourth-order valence-corrected chi connectivity index (χ4v) is 4.52. The highest BCUT2D eigenvalue weighted by atomic mass is 16.5. The van der Waals surface area contributed by atoms with Crippen LogP contribution in [0.25, 0.3) is 5.76 Å². The zero-order valence-corrected chi connectivity index (χ0v) is 19.8. The molecule has 7 nitrogen and oxygen atoms in total. The first-order valence-electron chi connectivity index (χ1n) is 11.9. The number of morpholine rings is 1. The van der Waals surface area contributed by atoms with Crippen LogP contribution in [0.1, 0.15) is 36.6 Å². The molecule has 0 aromatic heterocycles. The smallest absolute Gasteiger partial charge is 0.295 e. The number of carbonyl (C=O) groups is 2. The number of likely N-dealkylation sites (tertiary alicyclic amines) is 1. The van der Waals surface area contributed by atoms with Crippen LogP contribution in [-0.4, -0.2) is 72.6 Å². The van der Waals surface area contributed by atoms with Gasteiger partial charge in [-0.05, 0) is 36.6 Å². The van der Waals surface area contributed by atoms with Crippen LogP contribution in [0.15, 0.2) is 54.1 Å². The summed E-state index contributed by atoms with van der Waals surface area (Å²) in [5.74, 6) is -0.832. The fourth-order valence-electron chi connectivity index (χ4n) is 4.52. The lowest BCUT2D eigenvalue weighted by molar-refractivity contribution is -0.140. The van der Waals surface area contributed by atoms with E-state index >= 15 is 0 Å². The fraction of sp³-hybridized carbons (Fsp3) is 0.407. The van der Waals surface area contributed by atoms with Crippen molar-refractivity contribution in [1.82, 2.24) is 9.80 Å². The number of ether oxygens (including phenoxy) is 2. The molecule has 1 unspecified atom stereocenters. The standard InChI is InChI=1S/C27H32N2O5/c1-3-19-8-10-20(11-9-19)24-23(25(30)21-6-5-7-22(18-21)34-4-2)26(31)27(32)29(24)13-12-28-14-16-33-17-15-28/h5-11,18,24,30H,3-4,12-17H2,1-2H3/b25-23+. The second kappa shape index (κ2) is 10.8. The summed E-state index contributed by atoms with van der Waals surface area (Å²) in [5.41, 5.74) is 2.54. The second-order valence-corrected chi connectivity index (χ2v) is 8.50. The zero-order chi connectivity index (χ0) is 24.1. The third kappa shape index (κ3) is 5.00. The topological polar surface area (TPSA) is 79.3 Å². The van der Waals surface area contributed by atoms with Crippen LogP contribution in [0.3, 0.4) is 0 Å². The summed E-state index contributed by atoms with van der Waals surface area (Å²) < 4.78 is 11.0. The Bertz CT molecular complexity index is 1060. The number of hydrogen-bond acceptors (Lipinski definition) is 6. The van der Waals surface area contributed by atoms with Crippen molar-refractivity contribution >= 4 is 17.4 Å². The minimum Gasteiger partial charge on any atom is -0.507 e. The summed E-state index contributed by atoms with van der Waals surface area (Å²) in [6.45, 7) is 8.39. The summed E-state index contributed by atoms with van der Waals surface area (Å²) in [5, 5.41) is 11.3. The molecule has 2 aliphatic heterocycles. The molecule has 2 aromatic rings.